The summed E-state index contributed by atoms with van der Waals surface area (Å²) in [7, 11) is 0. The molecule has 0 unspecified atom stereocenters. The summed E-state index contributed by atoms with van der Waals surface area (Å²) in [6.07, 6.45) is 6.68. The van der Waals surface area contributed by atoms with Crippen LogP contribution in [0.3, 0.4) is 0 Å². The van der Waals surface area contributed by atoms with Gasteiger partial charge >= 0.3 is 21.7 Å². The molecule has 0 aromatic heterocycles. The van der Waals surface area contributed by atoms with Crippen LogP contribution in [0.4, 0.5) is 0 Å². The van der Waals surface area contributed by atoms with Crippen LogP contribution in [0.15, 0.2) is 6.07 Å². The van der Waals surface area contributed by atoms with Gasteiger partial charge in [0.05, 0.1) is 0 Å². The summed E-state index contributed by atoms with van der Waals surface area (Å²) in [4.78, 5) is 0. The maximum absolute atomic E-state index is 2.43. The summed E-state index contributed by atoms with van der Waals surface area (Å²) < 4.78 is 0. The van der Waals surface area contributed by atoms with Gasteiger partial charge in [0.2, 0.25) is 0 Å². The second-order valence-corrected chi connectivity index (χ2v) is 3.86. The number of hydrogen-bond donors (Lipinski definition) is 0. The van der Waals surface area contributed by atoms with E-state index in [0.29, 0.717) is 0 Å². The molecule has 0 nitrogen and oxygen atoms in total. The molecule has 1 aromatic rings. The maximum atomic E-state index is 2.43. The average Bonchev–Trinajstić information content (AvgIpc) is 2.44. The second kappa shape index (κ2) is 9.13. The van der Waals surface area contributed by atoms with Crippen LogP contribution < -0.4 is 0 Å². The van der Waals surface area contributed by atoms with Crippen LogP contribution in [0.2, 0.25) is 0 Å². The van der Waals surface area contributed by atoms with Gasteiger partial charge in [0.25, 0.3) is 0 Å². The number of rotatable bonds is 1. The van der Waals surface area contributed by atoms with Gasteiger partial charge in [0, 0.05) is 0 Å². The van der Waals surface area contributed by atoms with Gasteiger partial charge < -0.3 is 22.3 Å². The normalized spacial score (nSPS) is 12.1. The Labute approximate surface area is 118 Å². The molecule has 1 aromatic carbocycles. The first-order valence-electron chi connectivity index (χ1n) is 5.10. The van der Waals surface area contributed by atoms with Crippen molar-refractivity contribution >= 4 is 0 Å². The molecule has 1 aliphatic carbocycles. The van der Waals surface area contributed by atoms with Crippen LogP contribution in [-0.4, -0.2) is 0 Å². The van der Waals surface area contributed by atoms with Gasteiger partial charge in [0.15, 0.2) is 0 Å². The van der Waals surface area contributed by atoms with Crippen molar-refractivity contribution in [2.45, 2.75) is 46.0 Å². The molecule has 0 aliphatic heterocycles. The van der Waals surface area contributed by atoms with Gasteiger partial charge in [-0.25, -0.2) is 6.07 Å². The fourth-order valence-electron chi connectivity index (χ4n) is 2.40. The van der Waals surface area contributed by atoms with Crippen LogP contribution in [-0.2, 0) is 41.0 Å². The topological polar surface area (TPSA) is 0 Å². The van der Waals surface area contributed by atoms with E-state index in [1.54, 1.807) is 22.3 Å². The first-order chi connectivity index (χ1) is 5.83. The van der Waals surface area contributed by atoms with Crippen molar-refractivity contribution in [3.05, 3.63) is 50.6 Å². The van der Waals surface area contributed by atoms with Gasteiger partial charge in [-0.05, 0) is 0 Å². The van der Waals surface area contributed by atoms with Crippen LogP contribution >= 0.6 is 0 Å². The van der Waals surface area contributed by atoms with E-state index >= 15 is 0 Å². The molecule has 2 rings (SSSR count). The molecular weight excluding hydrogens is 228 g/mol. The van der Waals surface area contributed by atoms with Crippen LogP contribution in [0.5, 0.6) is 0 Å². The molecule has 16 heavy (non-hydrogen) atoms. The second-order valence-electron chi connectivity index (χ2n) is 3.86. The molecule has 0 amide bonds. The summed E-state index contributed by atoms with van der Waals surface area (Å²) >= 11 is 0. The molecule has 0 saturated carbocycles. The first-order valence-corrected chi connectivity index (χ1v) is 5.10. The van der Waals surface area contributed by atoms with E-state index in [4.69, 9.17) is 0 Å². The predicted molar refractivity (Wildman–Crippen MR) is 72.0 cm³/mol. The van der Waals surface area contributed by atoms with Gasteiger partial charge in [-0.1, -0.05) is 46.0 Å². The summed E-state index contributed by atoms with van der Waals surface area (Å²) in [5.41, 5.74) is 6.50. The summed E-state index contributed by atoms with van der Waals surface area (Å²) in [6, 6.07) is 2.43. The summed E-state index contributed by atoms with van der Waals surface area (Å²) in [5.74, 6) is 0. The molecule has 0 saturated heterocycles. The van der Waals surface area contributed by atoms with E-state index in [9.17, 15) is 0 Å². The molecule has 0 bridgehead atoms. The Morgan fingerprint density at radius 3 is 2.19 bits per heavy atom. The van der Waals surface area contributed by atoms with Crippen molar-refractivity contribution in [2.75, 3.05) is 0 Å². The van der Waals surface area contributed by atoms with E-state index in [1.165, 1.54) is 32.1 Å². The molecule has 0 spiro atoms. The van der Waals surface area contributed by atoms with E-state index in [1.807, 2.05) is 0 Å². The van der Waals surface area contributed by atoms with Crippen molar-refractivity contribution in [2.24, 2.45) is 0 Å². The SMILES string of the molecule is CCc1cc2c([c-]1C)CCCC2.[CH3-].[CH3-].[CH3-].[Ti+4]. The molecule has 90 valence electrons. The van der Waals surface area contributed by atoms with Crippen LogP contribution in [0.1, 0.15) is 42.0 Å². The maximum Gasteiger partial charge on any atom is 4.00 e. The monoisotopic (exact) mass is 254 g/mol. The van der Waals surface area contributed by atoms with Crippen LogP contribution in [0.25, 0.3) is 0 Å². The van der Waals surface area contributed by atoms with Gasteiger partial charge in [-0.2, -0.15) is 22.3 Å². The van der Waals surface area contributed by atoms with Gasteiger partial charge in [-0.15, -0.1) is 0 Å². The Bertz CT molecular complexity index is 284. The third kappa shape index (κ3) is 3.82. The van der Waals surface area contributed by atoms with Crippen molar-refractivity contribution in [3.63, 3.8) is 0 Å². The van der Waals surface area contributed by atoms with Crippen molar-refractivity contribution < 1.29 is 21.7 Å². The Kier molecular flexibility index (Phi) is 12.2. The van der Waals surface area contributed by atoms with E-state index in [-0.39, 0.29) is 44.0 Å². The molecule has 0 radical (unpaired) electrons. The Hall–Kier alpha value is 0.0643. The molecule has 0 fully saturated rings. The van der Waals surface area contributed by atoms with Crippen molar-refractivity contribution in [1.82, 2.24) is 0 Å². The number of aryl methyl sites for hydroxylation is 2. The molecular formula is C15H26Ti. The smallest absolute Gasteiger partial charge is 0.358 e. The van der Waals surface area contributed by atoms with Crippen LogP contribution in [0, 0.1) is 29.2 Å². The minimum absolute atomic E-state index is 0. The van der Waals surface area contributed by atoms with Gasteiger partial charge in [0.1, 0.15) is 0 Å². The fraction of sp³-hybridized carbons (Fsp3) is 0.467. The minimum Gasteiger partial charge on any atom is -0.358 e. The minimum atomic E-state index is 0. The number of fused-ring (bicyclic) bond motifs is 1. The van der Waals surface area contributed by atoms with Crippen molar-refractivity contribution in [1.29, 1.82) is 0 Å². The average molecular weight is 254 g/mol. The zero-order chi connectivity index (χ0) is 8.55. The largest absolute Gasteiger partial charge is 4.00 e. The predicted octanol–water partition coefficient (Wildman–Crippen LogP) is 4.50. The molecule has 0 heterocycles. The molecule has 0 atom stereocenters. The number of hydrogen-bond acceptors (Lipinski definition) is 0. The fourth-order valence-corrected chi connectivity index (χ4v) is 2.40. The quantitative estimate of drug-likeness (QED) is 0.511. The summed E-state index contributed by atoms with van der Waals surface area (Å²) in [6.45, 7) is 4.55. The van der Waals surface area contributed by atoms with E-state index < -0.39 is 0 Å². The molecule has 1 heteroatoms. The van der Waals surface area contributed by atoms with E-state index in [2.05, 4.69) is 19.9 Å². The Balaban J connectivity index is -0.000000422. The zero-order valence-electron chi connectivity index (χ0n) is 11.6. The standard InChI is InChI=1S/C12H17.3CH3.Ti/c1-3-10-8-11-6-4-5-7-12(11)9(10)2;;;;/h8H,3-7H2,1-2H3;3*1H3;/q4*-1;+4. The van der Waals surface area contributed by atoms with E-state index in [0.717, 1.165) is 0 Å². The summed E-state index contributed by atoms with van der Waals surface area (Å²) in [5, 5.41) is 0. The molecule has 0 N–H and O–H groups in total. The third-order valence-corrected chi connectivity index (χ3v) is 3.17. The Morgan fingerprint density at radius 2 is 1.69 bits per heavy atom. The Morgan fingerprint density at radius 1 is 1.12 bits per heavy atom. The van der Waals surface area contributed by atoms with Crippen molar-refractivity contribution in [3.8, 4) is 0 Å². The first kappa shape index (κ1) is 21.4. The molecule has 1 aliphatic rings. The van der Waals surface area contributed by atoms with Gasteiger partial charge in [-0.3, -0.25) is 0 Å². The zero-order valence-corrected chi connectivity index (χ0v) is 13.2. The third-order valence-electron chi connectivity index (χ3n) is 3.17.